The molecule has 1 N–H and O–H groups in total. The van der Waals surface area contributed by atoms with Crippen LogP contribution in [0.15, 0.2) is 119 Å². The highest BCUT2D eigenvalue weighted by molar-refractivity contribution is 7.99. The van der Waals surface area contributed by atoms with Crippen LogP contribution < -0.4 is 10.2 Å². The maximum Gasteiger partial charge on any atom is 0.269 e. The maximum absolute atomic E-state index is 11.0. The van der Waals surface area contributed by atoms with Crippen molar-refractivity contribution in [2.75, 3.05) is 4.90 Å². The molecule has 1 aliphatic heterocycles. The molecule has 2 atom stereocenters. The largest absolute Gasteiger partial charge is 0.351 e. The van der Waals surface area contributed by atoms with Crippen LogP contribution in [0.5, 0.6) is 0 Å². The molecule has 6 rings (SSSR count). The molecule has 0 bridgehead atoms. The molecule has 7 nitrogen and oxygen atoms in total. The molecule has 0 radical (unpaired) electrons. The predicted octanol–water partition coefficient (Wildman–Crippen LogP) is 7.73. The number of non-ortho nitro benzene ring substituents is 1. The standard InChI is InChI=1S/C32H27N5O2S2/c1-21-20-28(22(2)35(21)23-8-4-3-5-9-23)31-30(29-10-6-7-19-33-29)34-32(40)36(31)24-11-15-26(16-12-24)41-27-17-13-25(14-18-27)37(38)39/h3-20,30-31H,1-2H3,(H,34,40). The van der Waals surface area contributed by atoms with E-state index in [1.54, 1.807) is 23.9 Å². The number of nitrogens with zero attached hydrogens (tertiary/aromatic N) is 4. The summed E-state index contributed by atoms with van der Waals surface area (Å²) in [6.45, 7) is 4.29. The van der Waals surface area contributed by atoms with Crippen LogP contribution in [0.3, 0.4) is 0 Å². The Hall–Kier alpha value is -4.47. The zero-order valence-electron chi connectivity index (χ0n) is 22.5. The van der Waals surface area contributed by atoms with Gasteiger partial charge in [0, 0.05) is 50.9 Å². The highest BCUT2D eigenvalue weighted by Crippen LogP contribution is 2.44. The van der Waals surface area contributed by atoms with Gasteiger partial charge in [0.2, 0.25) is 0 Å². The van der Waals surface area contributed by atoms with Crippen molar-refractivity contribution in [3.8, 4) is 5.69 Å². The SMILES string of the molecule is Cc1cc(C2C(c3ccccn3)NC(=S)N2c2ccc(Sc3ccc([N+](=O)[O-])cc3)cc2)c(C)n1-c1ccccc1. The molecule has 0 aliphatic carbocycles. The number of rotatable bonds is 7. The highest BCUT2D eigenvalue weighted by atomic mass is 32.2. The molecule has 1 aliphatic rings. The lowest BCUT2D eigenvalue weighted by atomic mass is 9.96. The van der Waals surface area contributed by atoms with E-state index < -0.39 is 0 Å². The van der Waals surface area contributed by atoms with Crippen molar-refractivity contribution in [3.63, 3.8) is 0 Å². The molecule has 1 fully saturated rings. The number of hydrogen-bond acceptors (Lipinski definition) is 5. The Bertz CT molecular complexity index is 1710. The number of aromatic nitrogens is 2. The fraction of sp³-hybridized carbons (Fsp3) is 0.125. The number of benzene rings is 3. The van der Waals surface area contributed by atoms with E-state index in [-0.39, 0.29) is 22.7 Å². The molecule has 3 aromatic carbocycles. The summed E-state index contributed by atoms with van der Waals surface area (Å²) >= 11 is 7.50. The first kappa shape index (κ1) is 26.7. The van der Waals surface area contributed by atoms with Crippen molar-refractivity contribution < 1.29 is 4.92 Å². The number of pyridine rings is 1. The van der Waals surface area contributed by atoms with Gasteiger partial charge in [0.05, 0.1) is 22.7 Å². The number of anilines is 1. The Balaban J connectivity index is 1.37. The molecule has 41 heavy (non-hydrogen) atoms. The fourth-order valence-electron chi connectivity index (χ4n) is 5.46. The Kier molecular flexibility index (Phi) is 7.30. The first-order valence-electron chi connectivity index (χ1n) is 13.2. The van der Waals surface area contributed by atoms with Gasteiger partial charge in [0.1, 0.15) is 0 Å². The summed E-state index contributed by atoms with van der Waals surface area (Å²) in [4.78, 5) is 19.4. The van der Waals surface area contributed by atoms with Crippen molar-refractivity contribution in [2.45, 2.75) is 35.7 Å². The average molecular weight is 578 g/mol. The average Bonchev–Trinajstić information content (AvgIpc) is 3.49. The van der Waals surface area contributed by atoms with Crippen LogP contribution in [0, 0.1) is 24.0 Å². The van der Waals surface area contributed by atoms with E-state index in [2.05, 4.69) is 83.2 Å². The predicted molar refractivity (Wildman–Crippen MR) is 167 cm³/mol. The highest BCUT2D eigenvalue weighted by Gasteiger charge is 2.42. The van der Waals surface area contributed by atoms with Gasteiger partial charge < -0.3 is 14.8 Å². The van der Waals surface area contributed by atoms with Crippen LogP contribution in [0.4, 0.5) is 11.4 Å². The van der Waals surface area contributed by atoms with Crippen LogP contribution in [-0.4, -0.2) is 19.6 Å². The second-order valence-corrected chi connectivity index (χ2v) is 11.4. The molecule has 3 heterocycles. The minimum absolute atomic E-state index is 0.0832. The Labute approximate surface area is 248 Å². The van der Waals surface area contributed by atoms with Crippen molar-refractivity contribution >= 4 is 40.5 Å². The number of aryl methyl sites for hydroxylation is 1. The number of nitro groups is 1. The third-order valence-corrected chi connectivity index (χ3v) is 8.63. The number of nitro benzene ring substituents is 1. The lowest BCUT2D eigenvalue weighted by molar-refractivity contribution is -0.384. The van der Waals surface area contributed by atoms with E-state index in [9.17, 15) is 10.1 Å². The molecule has 2 unspecified atom stereocenters. The van der Waals surface area contributed by atoms with E-state index in [0.29, 0.717) is 5.11 Å². The van der Waals surface area contributed by atoms with Crippen molar-refractivity contribution in [1.82, 2.24) is 14.9 Å². The van der Waals surface area contributed by atoms with Crippen molar-refractivity contribution in [1.29, 1.82) is 0 Å². The topological polar surface area (TPSA) is 76.2 Å². The van der Waals surface area contributed by atoms with Gasteiger partial charge in [-0.05, 0) is 98.4 Å². The van der Waals surface area contributed by atoms with Gasteiger partial charge >= 0.3 is 0 Å². The van der Waals surface area contributed by atoms with Gasteiger partial charge in [-0.1, -0.05) is 36.0 Å². The lowest BCUT2D eigenvalue weighted by Gasteiger charge is -2.28. The summed E-state index contributed by atoms with van der Waals surface area (Å²) < 4.78 is 2.29. The minimum Gasteiger partial charge on any atom is -0.351 e. The first-order chi connectivity index (χ1) is 19.9. The van der Waals surface area contributed by atoms with Crippen LogP contribution in [-0.2, 0) is 0 Å². The molecule has 5 aromatic rings. The van der Waals surface area contributed by atoms with Crippen molar-refractivity contribution in [2.24, 2.45) is 0 Å². The zero-order chi connectivity index (χ0) is 28.5. The number of thiocarbonyl (C=S) groups is 1. The second-order valence-electron chi connectivity index (χ2n) is 9.84. The monoisotopic (exact) mass is 577 g/mol. The molecule has 0 amide bonds. The lowest BCUT2D eigenvalue weighted by Crippen LogP contribution is -2.29. The fourth-order valence-corrected chi connectivity index (χ4v) is 6.62. The Morgan fingerprint density at radius 1 is 0.878 bits per heavy atom. The van der Waals surface area contributed by atoms with E-state index in [0.717, 1.165) is 38.2 Å². The number of nitrogens with one attached hydrogen (secondary N) is 1. The van der Waals surface area contributed by atoms with E-state index in [1.165, 1.54) is 17.7 Å². The Morgan fingerprint density at radius 2 is 1.54 bits per heavy atom. The van der Waals surface area contributed by atoms with Gasteiger partial charge in [-0.2, -0.15) is 0 Å². The summed E-state index contributed by atoms with van der Waals surface area (Å²) in [7, 11) is 0. The summed E-state index contributed by atoms with van der Waals surface area (Å²) in [5, 5.41) is 15.2. The molecule has 0 spiro atoms. The van der Waals surface area contributed by atoms with Gasteiger partial charge in [0.15, 0.2) is 5.11 Å². The smallest absolute Gasteiger partial charge is 0.269 e. The third kappa shape index (κ3) is 5.21. The van der Waals surface area contributed by atoms with Crippen LogP contribution >= 0.6 is 24.0 Å². The van der Waals surface area contributed by atoms with Gasteiger partial charge in [-0.3, -0.25) is 15.1 Å². The quantitative estimate of drug-likeness (QED) is 0.121. The molecule has 0 saturated carbocycles. The van der Waals surface area contributed by atoms with Crippen LogP contribution in [0.25, 0.3) is 5.69 Å². The maximum atomic E-state index is 11.0. The summed E-state index contributed by atoms with van der Waals surface area (Å²) in [5.41, 5.74) is 6.59. The van der Waals surface area contributed by atoms with E-state index in [4.69, 9.17) is 17.2 Å². The summed E-state index contributed by atoms with van der Waals surface area (Å²) in [6.07, 6.45) is 1.82. The zero-order valence-corrected chi connectivity index (χ0v) is 24.1. The van der Waals surface area contributed by atoms with Crippen molar-refractivity contribution in [3.05, 3.63) is 142 Å². The Morgan fingerprint density at radius 3 is 2.17 bits per heavy atom. The summed E-state index contributed by atoms with van der Waals surface area (Å²) in [5.74, 6) is 0. The van der Waals surface area contributed by atoms with Gasteiger partial charge in [-0.15, -0.1) is 0 Å². The number of para-hydroxylation sites is 1. The van der Waals surface area contributed by atoms with Gasteiger partial charge in [-0.25, -0.2) is 0 Å². The van der Waals surface area contributed by atoms with Gasteiger partial charge in [0.25, 0.3) is 5.69 Å². The number of hydrogen-bond donors (Lipinski definition) is 1. The van der Waals surface area contributed by atoms with E-state index >= 15 is 0 Å². The minimum atomic E-state index is -0.387. The second kappa shape index (κ2) is 11.2. The normalized spacial score (nSPS) is 16.5. The summed E-state index contributed by atoms with van der Waals surface area (Å²) in [6, 6.07) is 33.2. The molecule has 204 valence electrons. The first-order valence-corrected chi connectivity index (χ1v) is 14.4. The van der Waals surface area contributed by atoms with Crippen LogP contribution in [0.2, 0.25) is 0 Å². The molecule has 1 saturated heterocycles. The molecular weight excluding hydrogens is 551 g/mol. The van der Waals surface area contributed by atoms with E-state index in [1.807, 2.05) is 30.5 Å². The van der Waals surface area contributed by atoms with Crippen LogP contribution in [0.1, 0.15) is 34.7 Å². The molecule has 2 aromatic heterocycles. The molecule has 9 heteroatoms. The third-order valence-electron chi connectivity index (χ3n) is 7.30. The molecular formula is C32H27N5O2S2.